The molecular formula is C23H36O. The van der Waals surface area contributed by atoms with Crippen molar-refractivity contribution in [1.82, 2.24) is 0 Å². The molecule has 1 atom stereocenters. The van der Waals surface area contributed by atoms with Crippen molar-refractivity contribution in [2.45, 2.75) is 110 Å². The van der Waals surface area contributed by atoms with E-state index in [9.17, 15) is 0 Å². The van der Waals surface area contributed by atoms with Crippen LogP contribution in [0.25, 0.3) is 0 Å². The molecule has 1 aromatic carbocycles. The quantitative estimate of drug-likeness (QED) is 0.583. The van der Waals surface area contributed by atoms with Crippen LogP contribution in [0.2, 0.25) is 0 Å². The van der Waals surface area contributed by atoms with Crippen LogP contribution < -0.4 is 0 Å². The van der Waals surface area contributed by atoms with Gasteiger partial charge in [0.1, 0.15) is 0 Å². The van der Waals surface area contributed by atoms with E-state index in [0.29, 0.717) is 0 Å². The zero-order valence-electron chi connectivity index (χ0n) is 17.5. The Hall–Kier alpha value is -0.820. The first-order valence-electron chi connectivity index (χ1n) is 9.59. The van der Waals surface area contributed by atoms with E-state index in [2.05, 4.69) is 81.4 Å². The minimum atomic E-state index is -0.254. The molecule has 134 valence electrons. The van der Waals surface area contributed by atoms with Crippen molar-refractivity contribution in [3.05, 3.63) is 34.4 Å². The third-order valence-corrected chi connectivity index (χ3v) is 7.44. The van der Waals surface area contributed by atoms with Crippen LogP contribution in [-0.2, 0) is 26.6 Å². The fourth-order valence-electron chi connectivity index (χ4n) is 5.57. The molecule has 1 heterocycles. The summed E-state index contributed by atoms with van der Waals surface area (Å²) in [5.74, 6) is 0. The van der Waals surface area contributed by atoms with Crippen molar-refractivity contribution in [3.63, 3.8) is 0 Å². The molecule has 2 aliphatic rings. The molecule has 0 fully saturated rings. The Kier molecular flexibility index (Phi) is 3.50. The Morgan fingerprint density at radius 3 is 1.92 bits per heavy atom. The molecule has 1 aliphatic heterocycles. The fraction of sp³-hybridized carbons (Fsp3) is 0.739. The number of ether oxygens (including phenoxy) is 1. The molecule has 1 unspecified atom stereocenters. The van der Waals surface area contributed by atoms with Gasteiger partial charge >= 0.3 is 0 Å². The molecule has 1 aromatic rings. The average Bonchev–Trinajstić information content (AvgIpc) is 2.63. The number of fused-ring (bicyclic) bond motifs is 3. The van der Waals surface area contributed by atoms with E-state index in [0.717, 1.165) is 0 Å². The summed E-state index contributed by atoms with van der Waals surface area (Å²) in [4.78, 5) is 0. The molecular weight excluding hydrogens is 292 g/mol. The summed E-state index contributed by atoms with van der Waals surface area (Å²) in [7, 11) is 0. The molecule has 0 aromatic heterocycles. The van der Waals surface area contributed by atoms with E-state index >= 15 is 0 Å². The van der Waals surface area contributed by atoms with Gasteiger partial charge in [0, 0.05) is 5.41 Å². The molecule has 0 saturated heterocycles. The molecule has 1 nitrogen and oxygen atoms in total. The molecule has 0 radical (unpaired) electrons. The minimum Gasteiger partial charge on any atom is -0.364 e. The van der Waals surface area contributed by atoms with Crippen molar-refractivity contribution in [2.75, 3.05) is 0 Å². The second kappa shape index (κ2) is 4.67. The largest absolute Gasteiger partial charge is 0.364 e. The van der Waals surface area contributed by atoms with Crippen molar-refractivity contribution in [3.8, 4) is 0 Å². The van der Waals surface area contributed by atoms with Gasteiger partial charge in [0.05, 0.1) is 11.2 Å². The summed E-state index contributed by atoms with van der Waals surface area (Å²) >= 11 is 0. The Bertz CT molecular complexity index is 690. The standard InChI is InChI=1S/C23H36O/c1-11-23(10)14-19(2,3)17-16(23)13-12-15-18(17)21(6,7)24-22(8,9)20(15,4)5/h12-13H,11,14H2,1-10H3. The lowest BCUT2D eigenvalue weighted by Crippen LogP contribution is -2.54. The maximum Gasteiger partial charge on any atom is 0.0888 e. The maximum atomic E-state index is 6.72. The third-order valence-electron chi connectivity index (χ3n) is 7.44. The predicted octanol–water partition coefficient (Wildman–Crippen LogP) is 6.36. The van der Waals surface area contributed by atoms with Gasteiger partial charge in [-0.25, -0.2) is 0 Å². The summed E-state index contributed by atoms with van der Waals surface area (Å²) in [6, 6.07) is 4.85. The Balaban J connectivity index is 2.41. The van der Waals surface area contributed by atoms with Crippen LogP contribution in [0.1, 0.15) is 104 Å². The Labute approximate surface area is 149 Å². The van der Waals surface area contributed by atoms with Gasteiger partial charge in [-0.2, -0.15) is 0 Å². The molecule has 24 heavy (non-hydrogen) atoms. The van der Waals surface area contributed by atoms with Crippen molar-refractivity contribution in [1.29, 1.82) is 0 Å². The number of hydrogen-bond donors (Lipinski definition) is 0. The molecule has 0 bridgehead atoms. The molecule has 3 rings (SSSR count). The molecule has 0 N–H and O–H groups in total. The summed E-state index contributed by atoms with van der Waals surface area (Å²) in [6.07, 6.45) is 2.42. The number of benzene rings is 1. The van der Waals surface area contributed by atoms with Gasteiger partial charge in [-0.15, -0.1) is 0 Å². The lowest BCUT2D eigenvalue weighted by Gasteiger charge is -2.54. The van der Waals surface area contributed by atoms with Crippen molar-refractivity contribution in [2.24, 2.45) is 0 Å². The first-order chi connectivity index (χ1) is 10.7. The second-order valence-electron chi connectivity index (χ2n) is 10.6. The van der Waals surface area contributed by atoms with Crippen LogP contribution in [0.5, 0.6) is 0 Å². The highest BCUT2D eigenvalue weighted by molar-refractivity contribution is 5.57. The smallest absolute Gasteiger partial charge is 0.0888 e. The fourth-order valence-corrected chi connectivity index (χ4v) is 5.57. The van der Waals surface area contributed by atoms with Gasteiger partial charge in [-0.1, -0.05) is 53.7 Å². The van der Waals surface area contributed by atoms with Crippen LogP contribution in [0.4, 0.5) is 0 Å². The highest BCUT2D eigenvalue weighted by Gasteiger charge is 2.55. The zero-order valence-corrected chi connectivity index (χ0v) is 17.5. The number of rotatable bonds is 1. The van der Waals surface area contributed by atoms with E-state index in [1.807, 2.05) is 0 Å². The van der Waals surface area contributed by atoms with Crippen LogP contribution >= 0.6 is 0 Å². The van der Waals surface area contributed by atoms with E-state index in [1.165, 1.54) is 24.0 Å². The van der Waals surface area contributed by atoms with Crippen molar-refractivity contribution < 1.29 is 4.74 Å². The second-order valence-corrected chi connectivity index (χ2v) is 10.6. The summed E-state index contributed by atoms with van der Waals surface area (Å²) in [5, 5.41) is 0. The highest BCUT2D eigenvalue weighted by atomic mass is 16.5. The average molecular weight is 329 g/mol. The van der Waals surface area contributed by atoms with Crippen molar-refractivity contribution >= 4 is 0 Å². The lowest BCUT2D eigenvalue weighted by atomic mass is 9.63. The predicted molar refractivity (Wildman–Crippen MR) is 103 cm³/mol. The summed E-state index contributed by atoms with van der Waals surface area (Å²) < 4.78 is 6.72. The van der Waals surface area contributed by atoms with Crippen LogP contribution in [-0.4, -0.2) is 5.60 Å². The summed E-state index contributed by atoms with van der Waals surface area (Å²) in [5.41, 5.74) is 6.10. The van der Waals surface area contributed by atoms with Gasteiger partial charge in [0.25, 0.3) is 0 Å². The highest BCUT2D eigenvalue weighted by Crippen LogP contribution is 2.59. The van der Waals surface area contributed by atoms with Gasteiger partial charge < -0.3 is 4.74 Å². The third kappa shape index (κ3) is 2.09. The molecule has 0 spiro atoms. The van der Waals surface area contributed by atoms with Crippen LogP contribution in [0.3, 0.4) is 0 Å². The molecule has 0 amide bonds. The van der Waals surface area contributed by atoms with Gasteiger partial charge in [0.15, 0.2) is 0 Å². The minimum absolute atomic E-state index is 0.00578. The van der Waals surface area contributed by atoms with E-state index in [4.69, 9.17) is 4.74 Å². The molecule has 1 heteroatoms. The van der Waals surface area contributed by atoms with Crippen LogP contribution in [0, 0.1) is 0 Å². The van der Waals surface area contributed by atoms with Gasteiger partial charge in [-0.05, 0) is 73.6 Å². The monoisotopic (exact) mass is 328 g/mol. The maximum absolute atomic E-state index is 6.72. The summed E-state index contributed by atoms with van der Waals surface area (Å²) in [6.45, 7) is 23.3. The normalized spacial score (nSPS) is 31.4. The molecule has 1 aliphatic carbocycles. The lowest BCUT2D eigenvalue weighted by molar-refractivity contribution is -0.173. The zero-order chi connectivity index (χ0) is 18.3. The van der Waals surface area contributed by atoms with E-state index < -0.39 is 0 Å². The molecule has 0 saturated carbocycles. The van der Waals surface area contributed by atoms with Crippen LogP contribution in [0.15, 0.2) is 12.1 Å². The Morgan fingerprint density at radius 2 is 1.38 bits per heavy atom. The first kappa shape index (κ1) is 18.0. The van der Waals surface area contributed by atoms with Gasteiger partial charge in [-0.3, -0.25) is 0 Å². The van der Waals surface area contributed by atoms with E-state index in [-0.39, 0.29) is 27.4 Å². The first-order valence-corrected chi connectivity index (χ1v) is 9.59. The van der Waals surface area contributed by atoms with Gasteiger partial charge in [0.2, 0.25) is 0 Å². The number of hydrogen-bond acceptors (Lipinski definition) is 1. The SMILES string of the molecule is CCC1(C)CC(C)(C)c2c1ccc1c2C(C)(C)OC(C)(C)C1(C)C. The topological polar surface area (TPSA) is 9.23 Å². The van der Waals surface area contributed by atoms with E-state index in [1.54, 1.807) is 11.1 Å². The Morgan fingerprint density at radius 1 is 0.833 bits per heavy atom.